The van der Waals surface area contributed by atoms with Gasteiger partial charge in [0, 0.05) is 19.5 Å². The van der Waals surface area contributed by atoms with Crippen molar-refractivity contribution in [1.82, 2.24) is 0 Å². The Kier molecular flexibility index (Phi) is 10.3. The Labute approximate surface area is 253 Å². The van der Waals surface area contributed by atoms with Crippen LogP contribution in [0, 0.1) is 0 Å². The fourth-order valence-corrected chi connectivity index (χ4v) is 5.48. The van der Waals surface area contributed by atoms with E-state index in [1.807, 2.05) is 30.3 Å². The van der Waals surface area contributed by atoms with E-state index in [0.717, 1.165) is 5.56 Å². The molecule has 5 N–H and O–H groups in total. The number of hydrogen-bond acceptors (Lipinski definition) is 12. The van der Waals surface area contributed by atoms with Crippen LogP contribution in [-0.2, 0) is 39.8 Å². The summed E-state index contributed by atoms with van der Waals surface area (Å²) in [6, 6.07) is 14.0. The summed E-state index contributed by atoms with van der Waals surface area (Å²) < 4.78 is 34.7. The number of benzene rings is 2. The molecule has 2 aromatic rings. The topological polar surface area (TPSA) is 177 Å². The van der Waals surface area contributed by atoms with Crippen molar-refractivity contribution in [1.29, 1.82) is 0 Å². The van der Waals surface area contributed by atoms with Gasteiger partial charge in [-0.1, -0.05) is 48.0 Å². The third kappa shape index (κ3) is 6.88. The number of ether oxygens (including phenoxy) is 6. The molecule has 3 aliphatic rings. The van der Waals surface area contributed by atoms with Crippen molar-refractivity contribution in [3.8, 4) is 0 Å². The van der Waals surface area contributed by atoms with Crippen molar-refractivity contribution >= 4 is 23.2 Å². The second kappa shape index (κ2) is 13.8. The predicted molar refractivity (Wildman–Crippen MR) is 149 cm³/mol. The Morgan fingerprint density at radius 2 is 1.70 bits per heavy atom. The molecule has 3 aliphatic heterocycles. The second-order valence-electron chi connectivity index (χ2n) is 10.7. The van der Waals surface area contributed by atoms with Gasteiger partial charge in [-0.2, -0.15) is 0 Å². The number of halogens is 1. The molecule has 43 heavy (non-hydrogen) atoms. The van der Waals surface area contributed by atoms with Crippen LogP contribution in [0.2, 0.25) is 5.02 Å². The molecular weight excluding hydrogens is 590 g/mol. The Hall–Kier alpha value is -2.24. The molecule has 0 bridgehead atoms. The summed E-state index contributed by atoms with van der Waals surface area (Å²) in [7, 11) is 1.58. The van der Waals surface area contributed by atoms with E-state index in [1.54, 1.807) is 25.2 Å². The molecule has 0 spiro atoms. The summed E-state index contributed by atoms with van der Waals surface area (Å²) in [5, 5.41) is 53.8. The molecule has 13 nitrogen and oxygen atoms in total. The number of hydrogen-bond donors (Lipinski definition) is 5. The van der Waals surface area contributed by atoms with Gasteiger partial charge in [-0.3, -0.25) is 4.79 Å². The number of fused-ring (bicyclic) bond motifs is 1. The number of carbonyl (C=O) groups excluding carboxylic acids is 1. The van der Waals surface area contributed by atoms with E-state index in [-0.39, 0.29) is 19.1 Å². The standard InChI is InChI=1S/C29H36ClNO12/c1-14(33)31(2)18-10-15(8-9-17(18)30)12-38-28-23(36)21(34)25(19(11-32)40-28)43-29-24(37)22(35)26-20(41-29)13-39-27(42-26)16-6-4-3-5-7-16/h3-10,19-29,32,34-37H,11-13H2,1-2H3/t19-,20-,21-,22-,23-,24-,25-,26-,27?,28-,29-/m1/s1. The van der Waals surface area contributed by atoms with E-state index in [1.165, 1.54) is 11.8 Å². The van der Waals surface area contributed by atoms with Gasteiger partial charge in [0.05, 0.1) is 30.5 Å². The number of nitrogens with zero attached hydrogens (tertiary/aromatic N) is 1. The third-order valence-corrected chi connectivity index (χ3v) is 8.10. The molecule has 11 atom stereocenters. The van der Waals surface area contributed by atoms with Crippen molar-refractivity contribution < 1.29 is 58.7 Å². The second-order valence-corrected chi connectivity index (χ2v) is 11.1. The van der Waals surface area contributed by atoms with Crippen molar-refractivity contribution in [2.45, 2.75) is 81.2 Å². The summed E-state index contributed by atoms with van der Waals surface area (Å²) in [5.74, 6) is -0.221. The maximum atomic E-state index is 11.8. The molecule has 0 aliphatic carbocycles. The molecule has 3 heterocycles. The van der Waals surface area contributed by atoms with E-state index in [0.29, 0.717) is 16.3 Å². The molecule has 1 amide bonds. The highest BCUT2D eigenvalue weighted by Gasteiger charge is 2.53. The van der Waals surface area contributed by atoms with Gasteiger partial charge >= 0.3 is 0 Å². The molecule has 236 valence electrons. The first-order valence-corrected chi connectivity index (χ1v) is 14.2. The lowest BCUT2D eigenvalue weighted by molar-refractivity contribution is -0.386. The van der Waals surface area contributed by atoms with Crippen LogP contribution in [0.25, 0.3) is 0 Å². The SMILES string of the molecule is CC(=O)N(C)c1cc(CO[C@@H]2O[C@H](CO)[C@@H](O[C@H]3O[C@@H]4COC(c5ccccc5)O[C@H]4[C@H](O)[C@H]3O)[C@H](O)[C@H]2O)ccc1Cl. The Bertz CT molecular complexity index is 1240. The minimum absolute atomic E-state index is 0.0220. The van der Waals surface area contributed by atoms with Crippen LogP contribution >= 0.6 is 11.6 Å². The minimum Gasteiger partial charge on any atom is -0.394 e. The highest BCUT2D eigenvalue weighted by Crippen LogP contribution is 2.36. The molecule has 3 fully saturated rings. The zero-order valence-corrected chi connectivity index (χ0v) is 24.3. The lowest BCUT2D eigenvalue weighted by Gasteiger charge is -2.48. The van der Waals surface area contributed by atoms with Gasteiger partial charge in [0.15, 0.2) is 18.9 Å². The van der Waals surface area contributed by atoms with Gasteiger partial charge in [0.2, 0.25) is 5.91 Å². The molecule has 3 saturated heterocycles. The summed E-state index contributed by atoms with van der Waals surface area (Å²) in [6.07, 6.45) is -14.2. The number of aliphatic hydroxyl groups excluding tert-OH is 5. The zero-order chi connectivity index (χ0) is 30.8. The minimum atomic E-state index is -1.63. The normalized spacial score (nSPS) is 36.1. The molecule has 1 unspecified atom stereocenters. The molecule has 0 radical (unpaired) electrons. The zero-order valence-electron chi connectivity index (χ0n) is 23.5. The highest BCUT2D eigenvalue weighted by atomic mass is 35.5. The van der Waals surface area contributed by atoms with E-state index in [4.69, 9.17) is 40.0 Å². The quantitative estimate of drug-likeness (QED) is 0.270. The van der Waals surface area contributed by atoms with E-state index < -0.39 is 74.3 Å². The van der Waals surface area contributed by atoms with Crippen LogP contribution < -0.4 is 4.90 Å². The average Bonchev–Trinajstić information content (AvgIpc) is 3.02. The monoisotopic (exact) mass is 625 g/mol. The van der Waals surface area contributed by atoms with Gasteiger partial charge in [0.1, 0.15) is 48.8 Å². The lowest BCUT2D eigenvalue weighted by atomic mass is 9.96. The molecular formula is C29H36ClNO12. The van der Waals surface area contributed by atoms with Crippen molar-refractivity contribution in [3.63, 3.8) is 0 Å². The Morgan fingerprint density at radius 3 is 2.40 bits per heavy atom. The van der Waals surface area contributed by atoms with Gasteiger partial charge in [0.25, 0.3) is 0 Å². The number of aliphatic hydroxyl groups is 5. The maximum Gasteiger partial charge on any atom is 0.223 e. The van der Waals surface area contributed by atoms with E-state index in [9.17, 15) is 30.3 Å². The first-order valence-electron chi connectivity index (χ1n) is 13.8. The number of carbonyl (C=O) groups is 1. The summed E-state index contributed by atoms with van der Waals surface area (Å²) in [5.41, 5.74) is 1.80. The fraction of sp³-hybridized carbons (Fsp3) is 0.552. The van der Waals surface area contributed by atoms with Crippen LogP contribution in [0.4, 0.5) is 5.69 Å². The first-order chi connectivity index (χ1) is 20.6. The first kappa shape index (κ1) is 32.2. The third-order valence-electron chi connectivity index (χ3n) is 7.78. The number of amides is 1. The Balaban J connectivity index is 1.21. The van der Waals surface area contributed by atoms with Crippen LogP contribution in [0.15, 0.2) is 48.5 Å². The summed E-state index contributed by atoms with van der Waals surface area (Å²) in [6.45, 7) is 0.701. The summed E-state index contributed by atoms with van der Waals surface area (Å²) in [4.78, 5) is 13.2. The maximum absolute atomic E-state index is 11.8. The van der Waals surface area contributed by atoms with Gasteiger partial charge in [-0.25, -0.2) is 0 Å². The number of anilines is 1. The van der Waals surface area contributed by atoms with Crippen LogP contribution in [0.3, 0.4) is 0 Å². The molecule has 2 aromatic carbocycles. The van der Waals surface area contributed by atoms with Crippen LogP contribution in [0.5, 0.6) is 0 Å². The largest absolute Gasteiger partial charge is 0.394 e. The van der Waals surface area contributed by atoms with Gasteiger partial charge < -0.3 is 58.9 Å². The van der Waals surface area contributed by atoms with Gasteiger partial charge in [-0.05, 0) is 17.7 Å². The summed E-state index contributed by atoms with van der Waals surface area (Å²) >= 11 is 6.22. The van der Waals surface area contributed by atoms with Crippen LogP contribution in [0.1, 0.15) is 24.3 Å². The molecule has 14 heteroatoms. The molecule has 0 saturated carbocycles. The van der Waals surface area contributed by atoms with Crippen LogP contribution in [-0.4, -0.2) is 113 Å². The average molecular weight is 626 g/mol. The molecule has 0 aromatic heterocycles. The van der Waals surface area contributed by atoms with Crippen molar-refractivity contribution in [2.24, 2.45) is 0 Å². The van der Waals surface area contributed by atoms with E-state index in [2.05, 4.69) is 0 Å². The van der Waals surface area contributed by atoms with E-state index >= 15 is 0 Å². The van der Waals surface area contributed by atoms with Crippen molar-refractivity contribution in [2.75, 3.05) is 25.2 Å². The molecule has 5 rings (SSSR count). The van der Waals surface area contributed by atoms with Gasteiger partial charge in [-0.15, -0.1) is 0 Å². The highest BCUT2D eigenvalue weighted by molar-refractivity contribution is 6.33. The lowest BCUT2D eigenvalue weighted by Crippen LogP contribution is -2.65. The predicted octanol–water partition coefficient (Wildman–Crippen LogP) is 0.224. The fourth-order valence-electron chi connectivity index (χ4n) is 5.24. The number of rotatable bonds is 8. The van der Waals surface area contributed by atoms with Crippen molar-refractivity contribution in [3.05, 3.63) is 64.7 Å². The Morgan fingerprint density at radius 1 is 0.977 bits per heavy atom. The smallest absolute Gasteiger partial charge is 0.223 e.